The first kappa shape index (κ1) is 15.5. The number of aliphatic hydroxyl groups excluding tert-OH is 1. The molecule has 2 aromatic rings. The largest absolute Gasteiger partial charge is 0.491 e. The van der Waals surface area contributed by atoms with Crippen LogP contribution in [0.5, 0.6) is 5.75 Å². The van der Waals surface area contributed by atoms with Crippen LogP contribution in [0.15, 0.2) is 42.5 Å². The second-order valence-electron chi connectivity index (χ2n) is 5.28. The Morgan fingerprint density at radius 1 is 1.00 bits per heavy atom. The maximum atomic E-state index is 8.85. The summed E-state index contributed by atoms with van der Waals surface area (Å²) < 4.78 is 5.54. The van der Waals surface area contributed by atoms with E-state index in [1.807, 2.05) is 24.3 Å². The topological polar surface area (TPSA) is 41.5 Å². The first-order valence-electron chi connectivity index (χ1n) is 7.28. The molecular weight excluding hydrogens is 262 g/mol. The number of aryl methyl sites for hydroxylation is 2. The van der Waals surface area contributed by atoms with Gasteiger partial charge in [-0.15, -0.1) is 0 Å². The molecule has 0 fully saturated rings. The smallest absolute Gasteiger partial charge is 0.123 e. The van der Waals surface area contributed by atoms with E-state index in [0.717, 1.165) is 24.4 Å². The molecule has 2 rings (SSSR count). The van der Waals surface area contributed by atoms with Gasteiger partial charge in [-0.05, 0) is 25.5 Å². The molecule has 112 valence electrons. The number of nitrogens with one attached hydrogen (secondary N) is 1. The number of hydrogen-bond donors (Lipinski definition) is 2. The molecule has 2 aromatic carbocycles. The fraction of sp³-hybridized carbons (Fsp3) is 0.333. The second-order valence-corrected chi connectivity index (χ2v) is 5.28. The van der Waals surface area contributed by atoms with Crippen LogP contribution in [0.1, 0.15) is 22.3 Å². The first-order chi connectivity index (χ1) is 10.2. The van der Waals surface area contributed by atoms with Crippen LogP contribution < -0.4 is 10.1 Å². The maximum Gasteiger partial charge on any atom is 0.123 e. The number of rotatable bonds is 7. The van der Waals surface area contributed by atoms with Crippen LogP contribution in [0.2, 0.25) is 0 Å². The van der Waals surface area contributed by atoms with E-state index in [4.69, 9.17) is 9.84 Å². The normalized spacial score (nSPS) is 10.6. The number of benzene rings is 2. The molecule has 3 nitrogen and oxygen atoms in total. The molecule has 0 saturated heterocycles. The fourth-order valence-corrected chi connectivity index (χ4v) is 2.46. The monoisotopic (exact) mass is 285 g/mol. The molecule has 0 aliphatic rings. The third-order valence-corrected chi connectivity index (χ3v) is 3.25. The summed E-state index contributed by atoms with van der Waals surface area (Å²) in [6.07, 6.45) is 0. The minimum Gasteiger partial charge on any atom is -0.491 e. The van der Waals surface area contributed by atoms with E-state index >= 15 is 0 Å². The summed E-state index contributed by atoms with van der Waals surface area (Å²) in [6, 6.07) is 14.5. The molecule has 0 saturated carbocycles. The molecule has 0 spiro atoms. The van der Waals surface area contributed by atoms with E-state index in [9.17, 15) is 0 Å². The van der Waals surface area contributed by atoms with Crippen LogP contribution >= 0.6 is 0 Å². The minimum atomic E-state index is 0.0321. The van der Waals surface area contributed by atoms with Gasteiger partial charge in [0.05, 0.1) is 6.61 Å². The highest BCUT2D eigenvalue weighted by atomic mass is 16.5. The van der Waals surface area contributed by atoms with Crippen molar-refractivity contribution >= 4 is 0 Å². The summed E-state index contributed by atoms with van der Waals surface area (Å²) in [5.41, 5.74) is 4.98. The second kappa shape index (κ2) is 7.81. The van der Waals surface area contributed by atoms with Gasteiger partial charge in [-0.3, -0.25) is 0 Å². The molecule has 0 amide bonds. The lowest BCUT2D eigenvalue weighted by Crippen LogP contribution is -2.14. The van der Waals surface area contributed by atoms with Crippen molar-refractivity contribution in [3.8, 4) is 5.75 Å². The van der Waals surface area contributed by atoms with Gasteiger partial charge in [-0.2, -0.15) is 0 Å². The summed E-state index contributed by atoms with van der Waals surface area (Å²) in [5.74, 6) is 0.833. The van der Waals surface area contributed by atoms with Gasteiger partial charge in [0, 0.05) is 18.7 Å². The van der Waals surface area contributed by atoms with Crippen molar-refractivity contribution < 1.29 is 9.84 Å². The zero-order valence-electron chi connectivity index (χ0n) is 12.7. The van der Waals surface area contributed by atoms with Crippen LogP contribution in [-0.2, 0) is 13.1 Å². The van der Waals surface area contributed by atoms with E-state index in [1.165, 1.54) is 16.7 Å². The fourth-order valence-electron chi connectivity index (χ4n) is 2.46. The number of aliphatic hydroxyl groups is 1. The zero-order chi connectivity index (χ0) is 15.1. The molecule has 0 aliphatic heterocycles. The lowest BCUT2D eigenvalue weighted by Gasteiger charge is -2.12. The SMILES string of the molecule is Cc1cc(C)cc(CNCc2ccccc2OCCO)c1. The van der Waals surface area contributed by atoms with Crippen molar-refractivity contribution in [2.45, 2.75) is 26.9 Å². The van der Waals surface area contributed by atoms with Crippen LogP contribution in [0.25, 0.3) is 0 Å². The molecule has 0 aromatic heterocycles. The van der Waals surface area contributed by atoms with E-state index in [2.05, 4.69) is 37.4 Å². The zero-order valence-corrected chi connectivity index (χ0v) is 12.7. The van der Waals surface area contributed by atoms with Crippen molar-refractivity contribution in [2.24, 2.45) is 0 Å². The lowest BCUT2D eigenvalue weighted by atomic mass is 10.1. The van der Waals surface area contributed by atoms with Gasteiger partial charge in [0.2, 0.25) is 0 Å². The van der Waals surface area contributed by atoms with E-state index < -0.39 is 0 Å². The highest BCUT2D eigenvalue weighted by Crippen LogP contribution is 2.18. The average Bonchev–Trinajstić information content (AvgIpc) is 2.45. The van der Waals surface area contributed by atoms with Gasteiger partial charge in [0.25, 0.3) is 0 Å². The van der Waals surface area contributed by atoms with Gasteiger partial charge in [-0.25, -0.2) is 0 Å². The highest BCUT2D eigenvalue weighted by molar-refractivity contribution is 5.33. The van der Waals surface area contributed by atoms with Crippen molar-refractivity contribution in [2.75, 3.05) is 13.2 Å². The van der Waals surface area contributed by atoms with Gasteiger partial charge in [0.1, 0.15) is 12.4 Å². The third kappa shape index (κ3) is 4.88. The molecule has 21 heavy (non-hydrogen) atoms. The highest BCUT2D eigenvalue weighted by Gasteiger charge is 2.03. The molecule has 0 heterocycles. The number of hydrogen-bond acceptors (Lipinski definition) is 3. The van der Waals surface area contributed by atoms with E-state index in [0.29, 0.717) is 6.61 Å². The Hall–Kier alpha value is -1.84. The minimum absolute atomic E-state index is 0.0321. The predicted octanol–water partition coefficient (Wildman–Crippen LogP) is 2.96. The molecule has 0 radical (unpaired) electrons. The quantitative estimate of drug-likeness (QED) is 0.822. The van der Waals surface area contributed by atoms with E-state index in [-0.39, 0.29) is 6.61 Å². The molecule has 0 bridgehead atoms. The van der Waals surface area contributed by atoms with E-state index in [1.54, 1.807) is 0 Å². The van der Waals surface area contributed by atoms with Crippen LogP contribution in [0, 0.1) is 13.8 Å². The molecule has 3 heteroatoms. The first-order valence-corrected chi connectivity index (χ1v) is 7.28. The van der Waals surface area contributed by atoms with Gasteiger partial charge < -0.3 is 15.2 Å². The molecule has 2 N–H and O–H groups in total. The molecule has 0 atom stereocenters. The van der Waals surface area contributed by atoms with Gasteiger partial charge in [0.15, 0.2) is 0 Å². The molecule has 0 aliphatic carbocycles. The summed E-state index contributed by atoms with van der Waals surface area (Å²) in [7, 11) is 0. The summed E-state index contributed by atoms with van der Waals surface area (Å²) >= 11 is 0. The Morgan fingerprint density at radius 3 is 2.43 bits per heavy atom. The number of ether oxygens (including phenoxy) is 1. The Balaban J connectivity index is 1.94. The predicted molar refractivity (Wildman–Crippen MR) is 85.5 cm³/mol. The van der Waals surface area contributed by atoms with Crippen molar-refractivity contribution in [1.82, 2.24) is 5.32 Å². The third-order valence-electron chi connectivity index (χ3n) is 3.25. The van der Waals surface area contributed by atoms with Gasteiger partial charge >= 0.3 is 0 Å². The summed E-state index contributed by atoms with van der Waals surface area (Å²) in [4.78, 5) is 0. The molecular formula is C18H23NO2. The van der Waals surface area contributed by atoms with Crippen molar-refractivity contribution in [3.63, 3.8) is 0 Å². The Morgan fingerprint density at radius 2 is 1.71 bits per heavy atom. The van der Waals surface area contributed by atoms with Gasteiger partial charge in [-0.1, -0.05) is 47.5 Å². The maximum absolute atomic E-state index is 8.85. The van der Waals surface area contributed by atoms with Crippen LogP contribution in [-0.4, -0.2) is 18.3 Å². The standard InChI is InChI=1S/C18H23NO2/c1-14-9-15(2)11-16(10-14)12-19-13-17-5-3-4-6-18(17)21-8-7-20/h3-6,9-11,19-20H,7-8,12-13H2,1-2H3. The average molecular weight is 285 g/mol. The van der Waals surface area contributed by atoms with Crippen LogP contribution in [0.3, 0.4) is 0 Å². The number of para-hydroxylation sites is 1. The van der Waals surface area contributed by atoms with Crippen LogP contribution in [0.4, 0.5) is 0 Å². The summed E-state index contributed by atoms with van der Waals surface area (Å²) in [6.45, 7) is 6.17. The Labute approximate surface area is 126 Å². The van der Waals surface area contributed by atoms with Crippen molar-refractivity contribution in [3.05, 3.63) is 64.7 Å². The summed E-state index contributed by atoms with van der Waals surface area (Å²) in [5, 5.41) is 12.3. The Bertz CT molecular complexity index is 561. The lowest BCUT2D eigenvalue weighted by molar-refractivity contribution is 0.200. The Kier molecular flexibility index (Phi) is 5.78. The molecule has 0 unspecified atom stereocenters. The van der Waals surface area contributed by atoms with Crippen molar-refractivity contribution in [1.29, 1.82) is 0 Å².